The molecule has 0 aliphatic rings. The summed E-state index contributed by atoms with van der Waals surface area (Å²) < 4.78 is 5.20. The molecule has 2 N–H and O–H groups in total. The smallest absolute Gasteiger partial charge is 0.269 e. The van der Waals surface area contributed by atoms with Crippen molar-refractivity contribution in [2.75, 3.05) is 7.11 Å². The summed E-state index contributed by atoms with van der Waals surface area (Å²) in [4.78, 5) is 12.2. The van der Waals surface area contributed by atoms with E-state index < -0.39 is 0 Å². The van der Waals surface area contributed by atoms with Gasteiger partial charge in [0, 0.05) is 12.1 Å². The largest absolute Gasteiger partial charge is 0.497 e. The van der Waals surface area contributed by atoms with Gasteiger partial charge in [-0.3, -0.25) is 9.89 Å². The third-order valence-corrected chi connectivity index (χ3v) is 3.48. The van der Waals surface area contributed by atoms with Crippen molar-refractivity contribution in [1.82, 2.24) is 15.5 Å². The normalized spacial score (nSPS) is 10.3. The predicted molar refractivity (Wildman–Crippen MR) is 88.2 cm³/mol. The van der Waals surface area contributed by atoms with Gasteiger partial charge >= 0.3 is 0 Å². The van der Waals surface area contributed by atoms with Crippen LogP contribution < -0.4 is 10.1 Å². The summed E-state index contributed by atoms with van der Waals surface area (Å²) in [5, 5.41) is 9.84. The van der Waals surface area contributed by atoms with Crippen LogP contribution in [0.15, 0.2) is 60.7 Å². The zero-order valence-electron chi connectivity index (χ0n) is 12.7. The van der Waals surface area contributed by atoms with Crippen LogP contribution in [0.4, 0.5) is 0 Å². The summed E-state index contributed by atoms with van der Waals surface area (Å²) in [5.41, 5.74) is 3.07. The van der Waals surface area contributed by atoms with Crippen LogP contribution >= 0.6 is 0 Å². The molecule has 0 fully saturated rings. The molecule has 1 amide bonds. The molecule has 0 aliphatic carbocycles. The minimum absolute atomic E-state index is 0.185. The number of rotatable bonds is 5. The van der Waals surface area contributed by atoms with Crippen molar-refractivity contribution in [3.8, 4) is 17.0 Å². The van der Waals surface area contributed by atoms with E-state index in [0.29, 0.717) is 17.9 Å². The number of H-pyrrole nitrogens is 1. The average Bonchev–Trinajstić information content (AvgIpc) is 3.11. The van der Waals surface area contributed by atoms with Gasteiger partial charge < -0.3 is 10.1 Å². The van der Waals surface area contributed by atoms with Crippen molar-refractivity contribution in [3.05, 3.63) is 71.9 Å². The summed E-state index contributed by atoms with van der Waals surface area (Å²) in [6.45, 7) is 0.479. The Hall–Kier alpha value is -3.08. The fraction of sp³-hybridized carbons (Fsp3) is 0.111. The maximum atomic E-state index is 12.2. The molecule has 3 rings (SSSR count). The fourth-order valence-electron chi connectivity index (χ4n) is 2.24. The lowest BCUT2D eigenvalue weighted by Crippen LogP contribution is -2.23. The number of carbonyl (C=O) groups excluding carboxylic acids is 1. The highest BCUT2D eigenvalue weighted by Crippen LogP contribution is 2.22. The van der Waals surface area contributed by atoms with E-state index in [2.05, 4.69) is 15.5 Å². The Morgan fingerprint density at radius 1 is 1.13 bits per heavy atom. The van der Waals surface area contributed by atoms with Crippen LogP contribution in [0.3, 0.4) is 0 Å². The number of hydrogen-bond donors (Lipinski definition) is 2. The second kappa shape index (κ2) is 6.79. The van der Waals surface area contributed by atoms with Crippen molar-refractivity contribution in [2.24, 2.45) is 0 Å². The molecule has 0 spiro atoms. The zero-order chi connectivity index (χ0) is 16.1. The number of benzene rings is 2. The molecule has 1 heterocycles. The quantitative estimate of drug-likeness (QED) is 0.761. The number of hydrogen-bond acceptors (Lipinski definition) is 3. The summed E-state index contributed by atoms with van der Waals surface area (Å²) in [6, 6.07) is 19.0. The average molecular weight is 307 g/mol. The van der Waals surface area contributed by atoms with E-state index >= 15 is 0 Å². The zero-order valence-corrected chi connectivity index (χ0v) is 12.7. The molecular weight excluding hydrogens is 290 g/mol. The molecule has 0 saturated heterocycles. The molecule has 5 nitrogen and oxygen atoms in total. The number of ether oxygens (including phenoxy) is 1. The van der Waals surface area contributed by atoms with E-state index in [1.54, 1.807) is 13.2 Å². The first kappa shape index (κ1) is 14.8. The van der Waals surface area contributed by atoms with Crippen LogP contribution in [0, 0.1) is 0 Å². The lowest BCUT2D eigenvalue weighted by Gasteiger charge is -2.03. The van der Waals surface area contributed by atoms with Gasteiger partial charge in [-0.1, -0.05) is 42.5 Å². The SMILES string of the molecule is COc1cccc(-c2cc(C(=O)NCc3ccccc3)[nH]n2)c1. The molecule has 23 heavy (non-hydrogen) atoms. The van der Waals surface area contributed by atoms with Crippen LogP contribution in [-0.4, -0.2) is 23.2 Å². The van der Waals surface area contributed by atoms with Crippen LogP contribution in [-0.2, 0) is 6.54 Å². The van der Waals surface area contributed by atoms with E-state index in [-0.39, 0.29) is 5.91 Å². The maximum Gasteiger partial charge on any atom is 0.269 e. The first-order valence-electron chi connectivity index (χ1n) is 7.28. The highest BCUT2D eigenvalue weighted by Gasteiger charge is 2.11. The lowest BCUT2D eigenvalue weighted by molar-refractivity contribution is 0.0946. The molecule has 2 aromatic carbocycles. The molecule has 5 heteroatoms. The lowest BCUT2D eigenvalue weighted by atomic mass is 10.1. The van der Waals surface area contributed by atoms with Crippen LogP contribution in [0.25, 0.3) is 11.3 Å². The highest BCUT2D eigenvalue weighted by atomic mass is 16.5. The number of amides is 1. The Morgan fingerprint density at radius 2 is 1.96 bits per heavy atom. The molecular formula is C18H17N3O2. The van der Waals surface area contributed by atoms with E-state index in [1.165, 1.54) is 0 Å². The van der Waals surface area contributed by atoms with E-state index in [0.717, 1.165) is 16.9 Å². The second-order valence-corrected chi connectivity index (χ2v) is 5.07. The predicted octanol–water partition coefficient (Wildman–Crippen LogP) is 3.02. The van der Waals surface area contributed by atoms with Gasteiger partial charge in [-0.25, -0.2) is 0 Å². The Bertz CT molecular complexity index is 797. The molecule has 116 valence electrons. The Kier molecular flexibility index (Phi) is 4.38. The standard InChI is InChI=1S/C18H17N3O2/c1-23-15-9-5-8-14(10-15)16-11-17(21-20-16)18(22)19-12-13-6-3-2-4-7-13/h2-11H,12H2,1H3,(H,19,22)(H,20,21). The summed E-state index contributed by atoms with van der Waals surface area (Å²) in [7, 11) is 1.62. The molecule has 0 atom stereocenters. The molecule has 1 aromatic heterocycles. The maximum absolute atomic E-state index is 12.2. The minimum atomic E-state index is -0.185. The molecule has 0 bridgehead atoms. The van der Waals surface area contributed by atoms with Crippen LogP contribution in [0.1, 0.15) is 16.1 Å². The van der Waals surface area contributed by atoms with Gasteiger partial charge in [0.1, 0.15) is 11.4 Å². The van der Waals surface area contributed by atoms with E-state index in [4.69, 9.17) is 4.74 Å². The fourth-order valence-corrected chi connectivity index (χ4v) is 2.24. The molecule has 0 aliphatic heterocycles. The van der Waals surface area contributed by atoms with Gasteiger partial charge in [-0.15, -0.1) is 0 Å². The number of methoxy groups -OCH3 is 1. The van der Waals surface area contributed by atoms with Gasteiger partial charge in [0.15, 0.2) is 0 Å². The van der Waals surface area contributed by atoms with Gasteiger partial charge in [0.05, 0.1) is 12.8 Å². The van der Waals surface area contributed by atoms with E-state index in [1.807, 2.05) is 54.6 Å². The van der Waals surface area contributed by atoms with Crippen molar-refractivity contribution in [1.29, 1.82) is 0 Å². The highest BCUT2D eigenvalue weighted by molar-refractivity contribution is 5.93. The third kappa shape index (κ3) is 3.58. The first-order valence-corrected chi connectivity index (χ1v) is 7.28. The number of nitrogens with one attached hydrogen (secondary N) is 2. The number of aromatic nitrogens is 2. The third-order valence-electron chi connectivity index (χ3n) is 3.48. The topological polar surface area (TPSA) is 67.0 Å². The number of carbonyl (C=O) groups is 1. The first-order chi connectivity index (χ1) is 11.3. The van der Waals surface area contributed by atoms with Crippen LogP contribution in [0.5, 0.6) is 5.75 Å². The number of nitrogens with zero attached hydrogens (tertiary/aromatic N) is 1. The summed E-state index contributed by atoms with van der Waals surface area (Å²) >= 11 is 0. The van der Waals surface area contributed by atoms with E-state index in [9.17, 15) is 4.79 Å². The van der Waals surface area contributed by atoms with Crippen LogP contribution in [0.2, 0.25) is 0 Å². The van der Waals surface area contributed by atoms with Crippen molar-refractivity contribution in [2.45, 2.75) is 6.54 Å². The van der Waals surface area contributed by atoms with Crippen molar-refractivity contribution >= 4 is 5.91 Å². The second-order valence-electron chi connectivity index (χ2n) is 5.07. The molecule has 0 saturated carbocycles. The Morgan fingerprint density at radius 3 is 2.74 bits per heavy atom. The summed E-state index contributed by atoms with van der Waals surface area (Å²) in [5.74, 6) is 0.566. The monoisotopic (exact) mass is 307 g/mol. The van der Waals surface area contributed by atoms with Crippen molar-refractivity contribution in [3.63, 3.8) is 0 Å². The van der Waals surface area contributed by atoms with Gasteiger partial charge in [-0.2, -0.15) is 5.10 Å². The van der Waals surface area contributed by atoms with Gasteiger partial charge in [0.25, 0.3) is 5.91 Å². The Balaban J connectivity index is 1.69. The Labute approximate surface area is 134 Å². The number of aromatic amines is 1. The van der Waals surface area contributed by atoms with Gasteiger partial charge in [-0.05, 0) is 23.8 Å². The molecule has 3 aromatic rings. The molecule has 0 radical (unpaired) electrons. The molecule has 0 unspecified atom stereocenters. The minimum Gasteiger partial charge on any atom is -0.497 e. The van der Waals surface area contributed by atoms with Gasteiger partial charge in [0.2, 0.25) is 0 Å². The van der Waals surface area contributed by atoms with Crippen molar-refractivity contribution < 1.29 is 9.53 Å². The summed E-state index contributed by atoms with van der Waals surface area (Å²) in [6.07, 6.45) is 0.